The van der Waals surface area contributed by atoms with E-state index in [0.717, 1.165) is 16.0 Å². The summed E-state index contributed by atoms with van der Waals surface area (Å²) >= 11 is 4.96. The topological polar surface area (TPSA) is 20.2 Å². The van der Waals surface area contributed by atoms with E-state index in [-0.39, 0.29) is 17.8 Å². The smallest absolute Gasteiger partial charge is 0.127 e. The Morgan fingerprint density at radius 3 is 2.87 bits per heavy atom. The first-order valence-electron chi connectivity index (χ1n) is 4.86. The lowest BCUT2D eigenvalue weighted by Crippen LogP contribution is -2.20. The maximum Gasteiger partial charge on any atom is 0.127 e. The van der Waals surface area contributed by atoms with Crippen LogP contribution in [0.2, 0.25) is 0 Å². The lowest BCUT2D eigenvalue weighted by atomic mass is 9.96. The number of rotatable bonds is 2. The first-order chi connectivity index (χ1) is 7.16. The maximum atomic E-state index is 13.5. The zero-order valence-electron chi connectivity index (χ0n) is 8.12. The summed E-state index contributed by atoms with van der Waals surface area (Å²) in [6.07, 6.45) is 0.353. The molecule has 1 heterocycles. The van der Waals surface area contributed by atoms with Crippen LogP contribution in [0.25, 0.3) is 0 Å². The molecule has 4 heteroatoms. The van der Waals surface area contributed by atoms with Crippen molar-refractivity contribution in [3.8, 4) is 0 Å². The standard InChI is InChI=1S/C11H12BrFOS/c12-9-2-1-7(10(13)4-9)3-8-5-15-6-11(8)14/h1-2,4,8,11,14H,3,5-6H2. The van der Waals surface area contributed by atoms with Gasteiger partial charge in [-0.25, -0.2) is 4.39 Å². The molecule has 0 amide bonds. The first-order valence-corrected chi connectivity index (χ1v) is 6.81. The van der Waals surface area contributed by atoms with Crippen LogP contribution in [0, 0.1) is 11.7 Å². The Morgan fingerprint density at radius 1 is 1.47 bits per heavy atom. The zero-order chi connectivity index (χ0) is 10.8. The molecule has 1 fully saturated rings. The second-order valence-corrected chi connectivity index (χ2v) is 5.80. The molecule has 2 unspecified atom stereocenters. The van der Waals surface area contributed by atoms with Crippen LogP contribution < -0.4 is 0 Å². The van der Waals surface area contributed by atoms with Crippen molar-refractivity contribution in [2.45, 2.75) is 12.5 Å². The molecule has 2 rings (SSSR count). The van der Waals surface area contributed by atoms with E-state index in [1.54, 1.807) is 17.8 Å². The third-order valence-electron chi connectivity index (χ3n) is 2.66. The fraction of sp³-hybridized carbons (Fsp3) is 0.455. The second kappa shape index (κ2) is 4.85. The van der Waals surface area contributed by atoms with Gasteiger partial charge in [-0.15, -0.1) is 0 Å². The van der Waals surface area contributed by atoms with Crippen molar-refractivity contribution in [2.75, 3.05) is 11.5 Å². The Balaban J connectivity index is 2.10. The zero-order valence-corrected chi connectivity index (χ0v) is 10.5. The summed E-state index contributed by atoms with van der Waals surface area (Å²) in [4.78, 5) is 0. The molecule has 0 aromatic heterocycles. The number of aliphatic hydroxyl groups excluding tert-OH is 1. The Kier molecular flexibility index (Phi) is 3.69. The van der Waals surface area contributed by atoms with Gasteiger partial charge in [-0.3, -0.25) is 0 Å². The fourth-order valence-corrected chi connectivity index (χ4v) is 3.38. The molecule has 0 saturated carbocycles. The van der Waals surface area contributed by atoms with Crippen LogP contribution in [-0.4, -0.2) is 22.7 Å². The normalized spacial score (nSPS) is 25.8. The summed E-state index contributed by atoms with van der Waals surface area (Å²) in [5, 5.41) is 9.64. The van der Waals surface area contributed by atoms with Gasteiger partial charge in [-0.05, 0) is 35.8 Å². The monoisotopic (exact) mass is 290 g/mol. The average molecular weight is 291 g/mol. The molecule has 0 aliphatic carbocycles. The van der Waals surface area contributed by atoms with E-state index in [0.29, 0.717) is 12.0 Å². The van der Waals surface area contributed by atoms with E-state index >= 15 is 0 Å². The largest absolute Gasteiger partial charge is 0.392 e. The maximum absolute atomic E-state index is 13.5. The van der Waals surface area contributed by atoms with Gasteiger partial charge in [0.25, 0.3) is 0 Å². The summed E-state index contributed by atoms with van der Waals surface area (Å²) in [5.41, 5.74) is 0.699. The minimum absolute atomic E-state index is 0.187. The van der Waals surface area contributed by atoms with Gasteiger partial charge in [0.1, 0.15) is 5.82 Å². The minimum Gasteiger partial charge on any atom is -0.392 e. The highest BCUT2D eigenvalue weighted by Crippen LogP contribution is 2.28. The summed E-state index contributed by atoms with van der Waals surface area (Å²) in [6, 6.07) is 5.10. The molecule has 82 valence electrons. The highest BCUT2D eigenvalue weighted by Gasteiger charge is 2.26. The molecule has 0 bridgehead atoms. The van der Waals surface area contributed by atoms with Gasteiger partial charge in [0.05, 0.1) is 6.10 Å². The summed E-state index contributed by atoms with van der Waals surface area (Å²) in [5.74, 6) is 1.72. The SMILES string of the molecule is OC1CSCC1Cc1ccc(Br)cc1F. The fourth-order valence-electron chi connectivity index (χ4n) is 1.75. The lowest BCUT2D eigenvalue weighted by Gasteiger charge is -2.13. The van der Waals surface area contributed by atoms with Gasteiger partial charge in [0, 0.05) is 10.2 Å². The van der Waals surface area contributed by atoms with Crippen LogP contribution in [0.3, 0.4) is 0 Å². The molecule has 0 spiro atoms. The Hall–Kier alpha value is -0.0600. The number of benzene rings is 1. The third kappa shape index (κ3) is 2.74. The number of hydrogen-bond donors (Lipinski definition) is 1. The van der Waals surface area contributed by atoms with Crippen molar-refractivity contribution >= 4 is 27.7 Å². The molecule has 1 nitrogen and oxygen atoms in total. The Morgan fingerprint density at radius 2 is 2.27 bits per heavy atom. The molecule has 1 aromatic rings. The number of thioether (sulfide) groups is 1. The molecule has 0 radical (unpaired) electrons. The first kappa shape index (κ1) is 11.4. The van der Waals surface area contributed by atoms with Crippen LogP contribution in [0.5, 0.6) is 0 Å². The van der Waals surface area contributed by atoms with Gasteiger partial charge < -0.3 is 5.11 Å². The Labute approximate surface area is 101 Å². The average Bonchev–Trinajstić information content (AvgIpc) is 2.57. The molecule has 1 aliphatic heterocycles. The van der Waals surface area contributed by atoms with Crippen LogP contribution in [0.15, 0.2) is 22.7 Å². The van der Waals surface area contributed by atoms with Gasteiger partial charge in [0.2, 0.25) is 0 Å². The van der Waals surface area contributed by atoms with Gasteiger partial charge in [0.15, 0.2) is 0 Å². The molecule has 1 saturated heterocycles. The summed E-state index contributed by atoms with van der Waals surface area (Å²) in [6.45, 7) is 0. The van der Waals surface area contributed by atoms with E-state index in [2.05, 4.69) is 15.9 Å². The molecule has 1 N–H and O–H groups in total. The van der Waals surface area contributed by atoms with Gasteiger partial charge >= 0.3 is 0 Å². The van der Waals surface area contributed by atoms with Crippen molar-refractivity contribution in [1.82, 2.24) is 0 Å². The second-order valence-electron chi connectivity index (χ2n) is 3.80. The third-order valence-corrected chi connectivity index (χ3v) is 4.40. The molecule has 2 atom stereocenters. The van der Waals surface area contributed by atoms with E-state index in [1.165, 1.54) is 6.07 Å². The van der Waals surface area contributed by atoms with Crippen LogP contribution in [-0.2, 0) is 6.42 Å². The Bertz CT molecular complexity index is 358. The van der Waals surface area contributed by atoms with Crippen molar-refractivity contribution in [3.05, 3.63) is 34.1 Å². The van der Waals surface area contributed by atoms with Crippen LogP contribution in [0.4, 0.5) is 4.39 Å². The van der Waals surface area contributed by atoms with Gasteiger partial charge in [-0.2, -0.15) is 11.8 Å². The summed E-state index contributed by atoms with van der Waals surface area (Å²) in [7, 11) is 0. The molecule has 1 aromatic carbocycles. The summed E-state index contributed by atoms with van der Waals surface area (Å²) < 4.78 is 14.3. The highest BCUT2D eigenvalue weighted by atomic mass is 79.9. The predicted octanol–water partition coefficient (Wildman–Crippen LogP) is 2.85. The van der Waals surface area contributed by atoms with Crippen molar-refractivity contribution in [2.24, 2.45) is 5.92 Å². The van der Waals surface area contributed by atoms with Crippen LogP contribution in [0.1, 0.15) is 5.56 Å². The number of halogens is 2. The van der Waals surface area contributed by atoms with Crippen molar-refractivity contribution < 1.29 is 9.50 Å². The van der Waals surface area contributed by atoms with Crippen molar-refractivity contribution in [1.29, 1.82) is 0 Å². The molecule has 1 aliphatic rings. The minimum atomic E-state index is -0.280. The van der Waals surface area contributed by atoms with Gasteiger partial charge in [-0.1, -0.05) is 22.0 Å². The molecule has 15 heavy (non-hydrogen) atoms. The highest BCUT2D eigenvalue weighted by molar-refractivity contribution is 9.10. The predicted molar refractivity (Wildman–Crippen MR) is 64.6 cm³/mol. The van der Waals surface area contributed by atoms with E-state index < -0.39 is 0 Å². The van der Waals surface area contributed by atoms with E-state index in [1.807, 2.05) is 6.07 Å². The quantitative estimate of drug-likeness (QED) is 0.904. The lowest BCUT2D eigenvalue weighted by molar-refractivity contribution is 0.149. The molecular formula is C11H12BrFOS. The number of hydrogen-bond acceptors (Lipinski definition) is 2. The van der Waals surface area contributed by atoms with Crippen molar-refractivity contribution in [3.63, 3.8) is 0 Å². The molecular weight excluding hydrogens is 279 g/mol. The van der Waals surface area contributed by atoms with Crippen LogP contribution >= 0.6 is 27.7 Å². The van der Waals surface area contributed by atoms with E-state index in [4.69, 9.17) is 0 Å². The number of aliphatic hydroxyl groups is 1. The van der Waals surface area contributed by atoms with E-state index in [9.17, 15) is 9.50 Å².